The second-order valence-electron chi connectivity index (χ2n) is 5.62. The highest BCUT2D eigenvalue weighted by molar-refractivity contribution is 5.64. The van der Waals surface area contributed by atoms with Gasteiger partial charge in [-0.15, -0.1) is 0 Å². The first kappa shape index (κ1) is 16.0. The predicted octanol–water partition coefficient (Wildman–Crippen LogP) is 4.56. The molecule has 0 saturated heterocycles. The van der Waals surface area contributed by atoms with Gasteiger partial charge in [0.1, 0.15) is 0 Å². The standard InChI is InChI=1S/C19H23N3/c1-4-5-6-12-22(3)19-11-10-18(21-15(19)2)17-9-7-8-16(13-17)14-20/h7-11,13H,4-6,12H2,1-3H3. The van der Waals surface area contributed by atoms with Crippen molar-refractivity contribution in [2.75, 3.05) is 18.5 Å². The van der Waals surface area contributed by atoms with Gasteiger partial charge in [0, 0.05) is 19.2 Å². The largest absolute Gasteiger partial charge is 0.373 e. The van der Waals surface area contributed by atoms with Crippen LogP contribution < -0.4 is 4.90 Å². The van der Waals surface area contributed by atoms with Gasteiger partial charge in [-0.25, -0.2) is 0 Å². The first-order valence-electron chi connectivity index (χ1n) is 7.85. The maximum absolute atomic E-state index is 9.01. The summed E-state index contributed by atoms with van der Waals surface area (Å²) in [5.74, 6) is 0. The van der Waals surface area contributed by atoms with Gasteiger partial charge in [0.05, 0.1) is 28.7 Å². The van der Waals surface area contributed by atoms with Crippen LogP contribution in [0.1, 0.15) is 37.4 Å². The maximum Gasteiger partial charge on any atom is 0.0991 e. The van der Waals surface area contributed by atoms with Crippen molar-refractivity contribution in [3.05, 3.63) is 47.7 Å². The number of rotatable bonds is 6. The summed E-state index contributed by atoms with van der Waals surface area (Å²) in [6.45, 7) is 5.32. The lowest BCUT2D eigenvalue weighted by molar-refractivity contribution is 0.703. The number of pyridine rings is 1. The number of nitriles is 1. The summed E-state index contributed by atoms with van der Waals surface area (Å²) in [5, 5.41) is 9.01. The van der Waals surface area contributed by atoms with Gasteiger partial charge >= 0.3 is 0 Å². The zero-order chi connectivity index (χ0) is 15.9. The highest BCUT2D eigenvalue weighted by atomic mass is 15.1. The van der Waals surface area contributed by atoms with Crippen LogP contribution in [0.3, 0.4) is 0 Å². The number of hydrogen-bond donors (Lipinski definition) is 0. The summed E-state index contributed by atoms with van der Waals surface area (Å²) in [6, 6.07) is 13.9. The van der Waals surface area contributed by atoms with Crippen LogP contribution in [0.5, 0.6) is 0 Å². The van der Waals surface area contributed by atoms with E-state index in [2.05, 4.69) is 31.0 Å². The normalized spacial score (nSPS) is 10.3. The number of benzene rings is 1. The molecule has 0 aliphatic heterocycles. The number of aromatic nitrogens is 1. The van der Waals surface area contributed by atoms with Gasteiger partial charge in [0.25, 0.3) is 0 Å². The molecule has 0 aliphatic rings. The Morgan fingerprint density at radius 1 is 1.18 bits per heavy atom. The van der Waals surface area contributed by atoms with Crippen LogP contribution in [-0.4, -0.2) is 18.6 Å². The molecule has 1 aromatic carbocycles. The summed E-state index contributed by atoms with van der Waals surface area (Å²) in [6.07, 6.45) is 3.70. The number of nitrogens with zero attached hydrogens (tertiary/aromatic N) is 3. The molecular weight excluding hydrogens is 270 g/mol. The smallest absolute Gasteiger partial charge is 0.0991 e. The van der Waals surface area contributed by atoms with Gasteiger partial charge in [0.2, 0.25) is 0 Å². The van der Waals surface area contributed by atoms with E-state index in [1.807, 2.05) is 37.3 Å². The molecule has 0 bridgehead atoms. The van der Waals surface area contributed by atoms with Crippen molar-refractivity contribution in [3.8, 4) is 17.3 Å². The van der Waals surface area contributed by atoms with Crippen LogP contribution in [-0.2, 0) is 0 Å². The fraction of sp³-hybridized carbons (Fsp3) is 0.368. The van der Waals surface area contributed by atoms with Gasteiger partial charge in [-0.1, -0.05) is 31.9 Å². The Labute approximate surface area is 133 Å². The van der Waals surface area contributed by atoms with Gasteiger partial charge in [-0.3, -0.25) is 4.98 Å². The summed E-state index contributed by atoms with van der Waals surface area (Å²) in [5.41, 5.74) is 4.77. The number of unbranched alkanes of at least 4 members (excludes halogenated alkanes) is 2. The molecule has 0 N–H and O–H groups in total. The van der Waals surface area contributed by atoms with Crippen LogP contribution in [0.2, 0.25) is 0 Å². The molecule has 0 spiro atoms. The van der Waals surface area contributed by atoms with E-state index in [4.69, 9.17) is 10.2 Å². The summed E-state index contributed by atoms with van der Waals surface area (Å²) >= 11 is 0. The molecular formula is C19H23N3. The molecule has 0 radical (unpaired) electrons. The van der Waals surface area contributed by atoms with E-state index in [-0.39, 0.29) is 0 Å². The van der Waals surface area contributed by atoms with Crippen molar-refractivity contribution in [2.45, 2.75) is 33.1 Å². The van der Waals surface area contributed by atoms with Gasteiger partial charge < -0.3 is 4.90 Å². The minimum absolute atomic E-state index is 0.665. The Morgan fingerprint density at radius 2 is 2.00 bits per heavy atom. The Balaban J connectivity index is 2.20. The van der Waals surface area contributed by atoms with Crippen LogP contribution >= 0.6 is 0 Å². The quantitative estimate of drug-likeness (QED) is 0.733. The maximum atomic E-state index is 9.01. The molecule has 3 heteroatoms. The van der Waals surface area contributed by atoms with E-state index in [1.54, 1.807) is 0 Å². The molecule has 0 saturated carbocycles. The topological polar surface area (TPSA) is 39.9 Å². The predicted molar refractivity (Wildman–Crippen MR) is 91.9 cm³/mol. The second-order valence-corrected chi connectivity index (χ2v) is 5.62. The number of anilines is 1. The van der Waals surface area contributed by atoms with E-state index in [0.717, 1.165) is 23.5 Å². The molecule has 0 unspecified atom stereocenters. The van der Waals surface area contributed by atoms with Crippen LogP contribution in [0.15, 0.2) is 36.4 Å². The molecule has 0 atom stereocenters. The molecule has 114 valence electrons. The van der Waals surface area contributed by atoms with Crippen molar-refractivity contribution in [1.82, 2.24) is 4.98 Å². The van der Waals surface area contributed by atoms with Gasteiger partial charge in [-0.2, -0.15) is 5.26 Å². The van der Waals surface area contributed by atoms with E-state index < -0.39 is 0 Å². The number of aryl methyl sites for hydroxylation is 1. The number of hydrogen-bond acceptors (Lipinski definition) is 3. The van der Waals surface area contributed by atoms with Crippen molar-refractivity contribution in [1.29, 1.82) is 5.26 Å². The van der Waals surface area contributed by atoms with E-state index in [1.165, 1.54) is 24.9 Å². The Bertz CT molecular complexity index is 671. The van der Waals surface area contributed by atoms with Crippen molar-refractivity contribution < 1.29 is 0 Å². The van der Waals surface area contributed by atoms with Crippen molar-refractivity contribution in [3.63, 3.8) is 0 Å². The molecule has 22 heavy (non-hydrogen) atoms. The average Bonchev–Trinajstić information content (AvgIpc) is 2.55. The summed E-state index contributed by atoms with van der Waals surface area (Å²) < 4.78 is 0. The lowest BCUT2D eigenvalue weighted by atomic mass is 10.1. The van der Waals surface area contributed by atoms with E-state index in [0.29, 0.717) is 5.56 Å². The third kappa shape index (κ3) is 3.85. The van der Waals surface area contributed by atoms with E-state index in [9.17, 15) is 0 Å². The minimum atomic E-state index is 0.665. The Morgan fingerprint density at radius 3 is 2.68 bits per heavy atom. The lowest BCUT2D eigenvalue weighted by Gasteiger charge is -2.21. The zero-order valence-electron chi connectivity index (χ0n) is 13.6. The Hall–Kier alpha value is -2.34. The SMILES string of the molecule is CCCCCN(C)c1ccc(-c2cccc(C#N)c2)nc1C. The highest BCUT2D eigenvalue weighted by Gasteiger charge is 2.08. The second kappa shape index (κ2) is 7.61. The fourth-order valence-corrected chi connectivity index (χ4v) is 2.59. The molecule has 1 heterocycles. The molecule has 0 fully saturated rings. The minimum Gasteiger partial charge on any atom is -0.373 e. The fourth-order valence-electron chi connectivity index (χ4n) is 2.59. The van der Waals surface area contributed by atoms with Gasteiger partial charge in [0.15, 0.2) is 0 Å². The third-order valence-corrected chi connectivity index (χ3v) is 3.85. The van der Waals surface area contributed by atoms with Crippen LogP contribution in [0, 0.1) is 18.3 Å². The summed E-state index contributed by atoms with van der Waals surface area (Å²) in [7, 11) is 2.12. The highest BCUT2D eigenvalue weighted by Crippen LogP contribution is 2.24. The average molecular weight is 293 g/mol. The zero-order valence-corrected chi connectivity index (χ0v) is 13.6. The van der Waals surface area contributed by atoms with E-state index >= 15 is 0 Å². The molecule has 0 aliphatic carbocycles. The third-order valence-electron chi connectivity index (χ3n) is 3.85. The first-order chi connectivity index (χ1) is 10.7. The molecule has 2 rings (SSSR count). The molecule has 0 amide bonds. The Kier molecular flexibility index (Phi) is 5.55. The molecule has 3 nitrogen and oxygen atoms in total. The van der Waals surface area contributed by atoms with Crippen LogP contribution in [0.25, 0.3) is 11.3 Å². The monoisotopic (exact) mass is 293 g/mol. The van der Waals surface area contributed by atoms with Crippen LogP contribution in [0.4, 0.5) is 5.69 Å². The summed E-state index contributed by atoms with van der Waals surface area (Å²) in [4.78, 5) is 6.99. The molecule has 2 aromatic rings. The van der Waals surface area contributed by atoms with Crippen molar-refractivity contribution >= 4 is 5.69 Å². The van der Waals surface area contributed by atoms with Crippen molar-refractivity contribution in [2.24, 2.45) is 0 Å². The van der Waals surface area contributed by atoms with Gasteiger partial charge in [-0.05, 0) is 37.6 Å². The first-order valence-corrected chi connectivity index (χ1v) is 7.85. The molecule has 1 aromatic heterocycles. The lowest BCUT2D eigenvalue weighted by Crippen LogP contribution is -2.19.